The molecule has 2 heterocycles. The van der Waals surface area contributed by atoms with Gasteiger partial charge >= 0.3 is 0 Å². The minimum Gasteiger partial charge on any atom is -0.461 e. The summed E-state index contributed by atoms with van der Waals surface area (Å²) in [5.74, 6) is 1.43. The Morgan fingerprint density at radius 1 is 1.14 bits per heavy atom. The molecule has 1 aromatic carbocycles. The molecule has 7 heteroatoms. The van der Waals surface area contributed by atoms with Gasteiger partial charge in [0.25, 0.3) is 0 Å². The van der Waals surface area contributed by atoms with Gasteiger partial charge in [0, 0.05) is 22.9 Å². The van der Waals surface area contributed by atoms with Crippen LogP contribution in [0.25, 0.3) is 11.6 Å². The molecule has 0 aliphatic heterocycles. The molecule has 1 aliphatic carbocycles. The summed E-state index contributed by atoms with van der Waals surface area (Å²) in [5, 5.41) is 7.25. The van der Waals surface area contributed by atoms with Crippen LogP contribution in [0.3, 0.4) is 0 Å². The topological polar surface area (TPSA) is 81.2 Å². The van der Waals surface area contributed by atoms with Crippen molar-refractivity contribution >= 4 is 21.8 Å². The fraction of sp³-hybridized carbons (Fsp3) is 0.409. The summed E-state index contributed by atoms with van der Waals surface area (Å²) in [7, 11) is 0. The first kappa shape index (κ1) is 19.9. The first-order chi connectivity index (χ1) is 14.1. The molecule has 1 aliphatic rings. The van der Waals surface area contributed by atoms with Crippen LogP contribution in [0, 0.1) is 0 Å². The average Bonchev–Trinajstić information content (AvgIpc) is 3.41. The fourth-order valence-corrected chi connectivity index (χ4v) is 4.27. The second kappa shape index (κ2) is 8.95. The van der Waals surface area contributed by atoms with Crippen molar-refractivity contribution in [3.63, 3.8) is 0 Å². The minimum absolute atomic E-state index is 0.0294. The summed E-state index contributed by atoms with van der Waals surface area (Å²) in [4.78, 5) is 17.1. The Bertz CT molecular complexity index is 929. The average molecular weight is 458 g/mol. The number of furan rings is 1. The predicted octanol–water partition coefficient (Wildman–Crippen LogP) is 5.09. The summed E-state index contributed by atoms with van der Waals surface area (Å²) in [5.41, 5.74) is 1.08. The molecule has 1 amide bonds. The van der Waals surface area contributed by atoms with Gasteiger partial charge in [0.1, 0.15) is 0 Å². The van der Waals surface area contributed by atoms with E-state index in [-0.39, 0.29) is 11.4 Å². The molecule has 4 rings (SSSR count). The maximum atomic E-state index is 12.7. The van der Waals surface area contributed by atoms with Crippen LogP contribution in [0.2, 0.25) is 0 Å². The predicted molar refractivity (Wildman–Crippen MR) is 112 cm³/mol. The molecular formula is C22H24BrN3O3. The van der Waals surface area contributed by atoms with E-state index in [9.17, 15) is 4.79 Å². The van der Waals surface area contributed by atoms with Gasteiger partial charge in [0.05, 0.1) is 6.26 Å². The number of aryl methyl sites for hydroxylation is 1. The highest BCUT2D eigenvalue weighted by Gasteiger charge is 2.33. The van der Waals surface area contributed by atoms with Gasteiger partial charge in [-0.05, 0) is 49.1 Å². The zero-order chi connectivity index (χ0) is 20.1. The normalized spacial score (nSPS) is 15.9. The second-order valence-corrected chi connectivity index (χ2v) is 8.60. The van der Waals surface area contributed by atoms with Crippen molar-refractivity contribution in [2.45, 2.75) is 56.9 Å². The molecule has 152 valence electrons. The largest absolute Gasteiger partial charge is 0.461 e. The van der Waals surface area contributed by atoms with Crippen LogP contribution >= 0.6 is 15.9 Å². The van der Waals surface area contributed by atoms with Crippen LogP contribution in [-0.4, -0.2) is 21.6 Å². The first-order valence-electron chi connectivity index (χ1n) is 10.0. The SMILES string of the molecule is O=C(CCc1nc(-c2ccco2)no1)NC1(Cc2ccc(Br)cc2)CCCCC1. The van der Waals surface area contributed by atoms with E-state index >= 15 is 0 Å². The molecule has 3 aromatic rings. The minimum atomic E-state index is -0.169. The molecule has 0 spiro atoms. The third-order valence-electron chi connectivity index (χ3n) is 5.45. The third-order valence-corrected chi connectivity index (χ3v) is 5.98. The van der Waals surface area contributed by atoms with Crippen molar-refractivity contribution in [2.75, 3.05) is 0 Å². The summed E-state index contributed by atoms with van der Waals surface area (Å²) >= 11 is 3.49. The highest BCUT2D eigenvalue weighted by atomic mass is 79.9. The Balaban J connectivity index is 1.37. The molecule has 0 saturated heterocycles. The van der Waals surface area contributed by atoms with Gasteiger partial charge in [-0.25, -0.2) is 0 Å². The maximum absolute atomic E-state index is 12.7. The number of benzene rings is 1. The molecule has 1 fully saturated rings. The van der Waals surface area contributed by atoms with Crippen LogP contribution in [0.5, 0.6) is 0 Å². The van der Waals surface area contributed by atoms with Gasteiger partial charge in [0.15, 0.2) is 5.76 Å². The van der Waals surface area contributed by atoms with Gasteiger partial charge in [-0.3, -0.25) is 4.79 Å². The Morgan fingerprint density at radius 3 is 2.66 bits per heavy atom. The van der Waals surface area contributed by atoms with Crippen molar-refractivity contribution in [1.29, 1.82) is 0 Å². The van der Waals surface area contributed by atoms with Crippen molar-refractivity contribution < 1.29 is 13.7 Å². The van der Waals surface area contributed by atoms with E-state index in [4.69, 9.17) is 8.94 Å². The Morgan fingerprint density at radius 2 is 1.93 bits per heavy atom. The lowest BCUT2D eigenvalue weighted by atomic mass is 9.77. The van der Waals surface area contributed by atoms with Gasteiger partial charge in [-0.2, -0.15) is 4.98 Å². The highest BCUT2D eigenvalue weighted by molar-refractivity contribution is 9.10. The molecule has 0 atom stereocenters. The second-order valence-electron chi connectivity index (χ2n) is 7.68. The molecule has 0 bridgehead atoms. The molecule has 1 saturated carbocycles. The maximum Gasteiger partial charge on any atom is 0.238 e. The number of hydrogen-bond acceptors (Lipinski definition) is 5. The van der Waals surface area contributed by atoms with Crippen molar-refractivity contribution in [3.05, 3.63) is 58.6 Å². The highest BCUT2D eigenvalue weighted by Crippen LogP contribution is 2.32. The number of carbonyl (C=O) groups excluding carboxylic acids is 1. The lowest BCUT2D eigenvalue weighted by Gasteiger charge is -2.38. The number of nitrogens with zero attached hydrogens (tertiary/aromatic N) is 2. The summed E-state index contributed by atoms with van der Waals surface area (Å²) in [6.07, 6.45) is 8.70. The van der Waals surface area contributed by atoms with Crippen LogP contribution in [0.1, 0.15) is 50.0 Å². The Hall–Kier alpha value is -2.41. The smallest absolute Gasteiger partial charge is 0.238 e. The van der Waals surface area contributed by atoms with Gasteiger partial charge in [0.2, 0.25) is 17.6 Å². The summed E-state index contributed by atoms with van der Waals surface area (Å²) < 4.78 is 11.6. The van der Waals surface area contributed by atoms with E-state index in [0.29, 0.717) is 30.3 Å². The Labute approximate surface area is 178 Å². The van der Waals surface area contributed by atoms with Crippen LogP contribution in [-0.2, 0) is 17.6 Å². The van der Waals surface area contributed by atoms with E-state index in [1.165, 1.54) is 12.0 Å². The fourth-order valence-electron chi connectivity index (χ4n) is 4.01. The summed E-state index contributed by atoms with van der Waals surface area (Å²) in [6, 6.07) is 11.9. The van der Waals surface area contributed by atoms with E-state index in [1.54, 1.807) is 18.4 Å². The first-order valence-corrected chi connectivity index (χ1v) is 10.8. The molecule has 1 N–H and O–H groups in total. The van der Waals surface area contributed by atoms with Crippen molar-refractivity contribution in [1.82, 2.24) is 15.5 Å². The molecule has 0 radical (unpaired) electrons. The van der Waals surface area contributed by atoms with Crippen LogP contribution < -0.4 is 5.32 Å². The van der Waals surface area contributed by atoms with E-state index in [0.717, 1.165) is 36.6 Å². The van der Waals surface area contributed by atoms with E-state index < -0.39 is 0 Å². The lowest BCUT2D eigenvalue weighted by molar-refractivity contribution is -0.123. The molecule has 29 heavy (non-hydrogen) atoms. The van der Waals surface area contributed by atoms with Crippen LogP contribution in [0.4, 0.5) is 0 Å². The quantitative estimate of drug-likeness (QED) is 0.534. The number of hydrogen-bond donors (Lipinski definition) is 1. The van der Waals surface area contributed by atoms with Crippen molar-refractivity contribution in [3.8, 4) is 11.6 Å². The zero-order valence-corrected chi connectivity index (χ0v) is 17.8. The number of rotatable bonds is 7. The lowest BCUT2D eigenvalue weighted by Crippen LogP contribution is -2.51. The number of aromatic nitrogens is 2. The number of amides is 1. The molecule has 6 nitrogen and oxygen atoms in total. The standard InChI is InChI=1S/C22H24BrN3O3/c23-17-8-6-16(7-9-17)15-22(12-2-1-3-13-22)25-19(27)10-11-20-24-21(26-29-20)18-5-4-14-28-18/h4-9,14H,1-3,10-13,15H2,(H,25,27). The van der Waals surface area contributed by atoms with Gasteiger partial charge < -0.3 is 14.3 Å². The third kappa shape index (κ3) is 5.15. The van der Waals surface area contributed by atoms with Crippen LogP contribution in [0.15, 0.2) is 56.1 Å². The van der Waals surface area contributed by atoms with E-state index in [1.807, 2.05) is 0 Å². The number of halogens is 1. The number of carbonyl (C=O) groups is 1. The number of nitrogens with one attached hydrogen (secondary N) is 1. The van der Waals surface area contributed by atoms with E-state index in [2.05, 4.69) is 55.7 Å². The summed E-state index contributed by atoms with van der Waals surface area (Å²) in [6.45, 7) is 0. The van der Waals surface area contributed by atoms with Gasteiger partial charge in [-0.15, -0.1) is 0 Å². The zero-order valence-electron chi connectivity index (χ0n) is 16.2. The molecule has 0 unspecified atom stereocenters. The molecular weight excluding hydrogens is 434 g/mol. The monoisotopic (exact) mass is 457 g/mol. The van der Waals surface area contributed by atoms with Gasteiger partial charge in [-0.1, -0.05) is 52.5 Å². The van der Waals surface area contributed by atoms with Crippen molar-refractivity contribution in [2.24, 2.45) is 0 Å². The molecule has 2 aromatic heterocycles. The Kier molecular flexibility index (Phi) is 6.13.